The van der Waals surface area contributed by atoms with Gasteiger partial charge in [0.25, 0.3) is 0 Å². The van der Waals surface area contributed by atoms with Crippen molar-refractivity contribution >= 4 is 5.91 Å². The first-order valence-corrected chi connectivity index (χ1v) is 5.93. The molecule has 0 atom stereocenters. The highest BCUT2D eigenvalue weighted by Gasteiger charge is 2.18. The SMILES string of the molecule is CCCCCCC(=O)NC(C)(C)CCO. The van der Waals surface area contributed by atoms with Crippen LogP contribution in [0.4, 0.5) is 0 Å². The molecule has 0 aromatic carbocycles. The fourth-order valence-corrected chi connectivity index (χ4v) is 1.49. The third-order valence-electron chi connectivity index (χ3n) is 2.47. The van der Waals surface area contributed by atoms with Crippen LogP contribution in [0, 0.1) is 0 Å². The van der Waals surface area contributed by atoms with Crippen molar-refractivity contribution in [3.63, 3.8) is 0 Å². The number of rotatable bonds is 8. The molecule has 0 rings (SSSR count). The van der Waals surface area contributed by atoms with Gasteiger partial charge in [-0.2, -0.15) is 0 Å². The maximum Gasteiger partial charge on any atom is 0.220 e. The van der Waals surface area contributed by atoms with Crippen LogP contribution in [-0.4, -0.2) is 23.2 Å². The Morgan fingerprint density at radius 1 is 1.27 bits per heavy atom. The average molecular weight is 215 g/mol. The second-order valence-electron chi connectivity index (χ2n) is 4.72. The molecule has 0 spiro atoms. The van der Waals surface area contributed by atoms with Gasteiger partial charge in [-0.3, -0.25) is 4.79 Å². The summed E-state index contributed by atoms with van der Waals surface area (Å²) in [5.74, 6) is 0.101. The molecule has 0 radical (unpaired) electrons. The molecule has 0 aromatic rings. The smallest absolute Gasteiger partial charge is 0.220 e. The van der Waals surface area contributed by atoms with E-state index >= 15 is 0 Å². The highest BCUT2D eigenvalue weighted by Crippen LogP contribution is 2.09. The Labute approximate surface area is 93.3 Å². The number of carbonyl (C=O) groups excluding carboxylic acids is 1. The van der Waals surface area contributed by atoms with Crippen LogP contribution in [0.5, 0.6) is 0 Å². The Kier molecular flexibility index (Phi) is 7.39. The second-order valence-corrected chi connectivity index (χ2v) is 4.72. The molecule has 0 aliphatic carbocycles. The maximum atomic E-state index is 11.5. The molecule has 0 aliphatic heterocycles. The van der Waals surface area contributed by atoms with Crippen LogP contribution in [0.25, 0.3) is 0 Å². The molecular formula is C12H25NO2. The van der Waals surface area contributed by atoms with Crippen molar-refractivity contribution in [1.29, 1.82) is 0 Å². The molecule has 15 heavy (non-hydrogen) atoms. The molecule has 3 heteroatoms. The molecule has 3 nitrogen and oxygen atoms in total. The summed E-state index contributed by atoms with van der Waals surface area (Å²) in [6, 6.07) is 0. The Balaban J connectivity index is 3.63. The Morgan fingerprint density at radius 3 is 2.47 bits per heavy atom. The van der Waals surface area contributed by atoms with Gasteiger partial charge in [-0.15, -0.1) is 0 Å². The lowest BCUT2D eigenvalue weighted by molar-refractivity contribution is -0.122. The lowest BCUT2D eigenvalue weighted by Gasteiger charge is -2.25. The molecule has 0 bridgehead atoms. The molecular weight excluding hydrogens is 190 g/mol. The van der Waals surface area contributed by atoms with Gasteiger partial charge in [-0.1, -0.05) is 26.2 Å². The highest BCUT2D eigenvalue weighted by atomic mass is 16.3. The van der Waals surface area contributed by atoms with Crippen molar-refractivity contribution in [2.45, 2.75) is 64.8 Å². The van der Waals surface area contributed by atoms with Crippen molar-refractivity contribution < 1.29 is 9.90 Å². The fraction of sp³-hybridized carbons (Fsp3) is 0.917. The zero-order valence-electron chi connectivity index (χ0n) is 10.3. The van der Waals surface area contributed by atoms with E-state index < -0.39 is 0 Å². The summed E-state index contributed by atoms with van der Waals surface area (Å²) in [6.45, 7) is 6.15. The number of hydrogen-bond acceptors (Lipinski definition) is 2. The van der Waals surface area contributed by atoms with Gasteiger partial charge in [0.15, 0.2) is 0 Å². The summed E-state index contributed by atoms with van der Waals surface area (Å²) >= 11 is 0. The number of carbonyl (C=O) groups is 1. The van der Waals surface area contributed by atoms with Crippen LogP contribution in [0.3, 0.4) is 0 Å². The van der Waals surface area contributed by atoms with Crippen LogP contribution in [0.1, 0.15) is 59.3 Å². The first kappa shape index (κ1) is 14.4. The highest BCUT2D eigenvalue weighted by molar-refractivity contribution is 5.76. The van der Waals surface area contributed by atoms with Crippen LogP contribution in [0.2, 0.25) is 0 Å². The van der Waals surface area contributed by atoms with Gasteiger partial charge in [0.2, 0.25) is 5.91 Å². The summed E-state index contributed by atoms with van der Waals surface area (Å²) in [4.78, 5) is 11.5. The molecule has 0 unspecified atom stereocenters. The predicted octanol–water partition coefficient (Wildman–Crippen LogP) is 2.23. The normalized spacial score (nSPS) is 11.5. The Hall–Kier alpha value is -0.570. The third-order valence-corrected chi connectivity index (χ3v) is 2.47. The van der Waals surface area contributed by atoms with E-state index in [2.05, 4.69) is 12.2 Å². The molecule has 2 N–H and O–H groups in total. The van der Waals surface area contributed by atoms with Gasteiger partial charge in [-0.25, -0.2) is 0 Å². The molecule has 0 aliphatic rings. The quantitative estimate of drug-likeness (QED) is 0.610. The molecule has 90 valence electrons. The molecule has 0 saturated carbocycles. The zero-order chi connectivity index (χ0) is 11.7. The summed E-state index contributed by atoms with van der Waals surface area (Å²) in [5.41, 5.74) is -0.281. The standard InChI is InChI=1S/C12H25NO2/c1-4-5-6-7-8-11(15)13-12(2,3)9-10-14/h14H,4-10H2,1-3H3,(H,13,15). The van der Waals surface area contributed by atoms with Crippen LogP contribution < -0.4 is 5.32 Å². The van der Waals surface area contributed by atoms with E-state index in [9.17, 15) is 4.79 Å². The summed E-state index contributed by atoms with van der Waals surface area (Å²) in [6.07, 6.45) is 5.70. The lowest BCUT2D eigenvalue weighted by atomic mass is 10.0. The van der Waals surface area contributed by atoms with Gasteiger partial charge in [-0.05, 0) is 26.7 Å². The van der Waals surface area contributed by atoms with E-state index in [1.165, 1.54) is 12.8 Å². The van der Waals surface area contributed by atoms with Crippen molar-refractivity contribution in [3.8, 4) is 0 Å². The molecule has 0 heterocycles. The number of aliphatic hydroxyl groups excluding tert-OH is 1. The van der Waals surface area contributed by atoms with Gasteiger partial charge < -0.3 is 10.4 Å². The van der Waals surface area contributed by atoms with Crippen LogP contribution in [-0.2, 0) is 4.79 Å². The number of unbranched alkanes of at least 4 members (excludes halogenated alkanes) is 3. The van der Waals surface area contributed by atoms with Crippen LogP contribution in [0.15, 0.2) is 0 Å². The predicted molar refractivity (Wildman–Crippen MR) is 62.7 cm³/mol. The van der Waals surface area contributed by atoms with Gasteiger partial charge in [0.05, 0.1) is 0 Å². The summed E-state index contributed by atoms with van der Waals surface area (Å²) in [7, 11) is 0. The number of amides is 1. The molecule has 0 aromatic heterocycles. The maximum absolute atomic E-state index is 11.5. The zero-order valence-corrected chi connectivity index (χ0v) is 10.3. The van der Waals surface area contributed by atoms with E-state index in [0.29, 0.717) is 12.8 Å². The second kappa shape index (κ2) is 7.69. The van der Waals surface area contributed by atoms with Gasteiger partial charge in [0.1, 0.15) is 0 Å². The first-order valence-electron chi connectivity index (χ1n) is 5.93. The van der Waals surface area contributed by atoms with E-state index in [-0.39, 0.29) is 18.1 Å². The molecule has 1 amide bonds. The first-order chi connectivity index (χ1) is 7.02. The van der Waals surface area contributed by atoms with Crippen molar-refractivity contribution in [3.05, 3.63) is 0 Å². The third kappa shape index (κ3) is 8.43. The van der Waals surface area contributed by atoms with E-state index in [1.54, 1.807) is 0 Å². The minimum Gasteiger partial charge on any atom is -0.396 e. The van der Waals surface area contributed by atoms with E-state index in [1.807, 2.05) is 13.8 Å². The number of aliphatic hydroxyl groups is 1. The average Bonchev–Trinajstić information content (AvgIpc) is 2.11. The Morgan fingerprint density at radius 2 is 1.93 bits per heavy atom. The minimum atomic E-state index is -0.281. The fourth-order valence-electron chi connectivity index (χ4n) is 1.49. The largest absolute Gasteiger partial charge is 0.396 e. The number of nitrogens with one attached hydrogen (secondary N) is 1. The Bertz CT molecular complexity index is 178. The van der Waals surface area contributed by atoms with Crippen LogP contribution >= 0.6 is 0 Å². The topological polar surface area (TPSA) is 49.3 Å². The number of hydrogen-bond donors (Lipinski definition) is 2. The van der Waals surface area contributed by atoms with Crippen molar-refractivity contribution in [2.75, 3.05) is 6.61 Å². The van der Waals surface area contributed by atoms with Gasteiger partial charge in [0, 0.05) is 18.6 Å². The summed E-state index contributed by atoms with van der Waals surface area (Å²) < 4.78 is 0. The monoisotopic (exact) mass is 215 g/mol. The molecule has 0 saturated heterocycles. The lowest BCUT2D eigenvalue weighted by Crippen LogP contribution is -2.43. The van der Waals surface area contributed by atoms with Crippen molar-refractivity contribution in [2.24, 2.45) is 0 Å². The minimum absolute atomic E-state index is 0.101. The van der Waals surface area contributed by atoms with Gasteiger partial charge >= 0.3 is 0 Å². The van der Waals surface area contributed by atoms with Crippen molar-refractivity contribution in [1.82, 2.24) is 5.32 Å². The molecule has 0 fully saturated rings. The summed E-state index contributed by atoms with van der Waals surface area (Å²) in [5, 5.41) is 11.7. The van der Waals surface area contributed by atoms with E-state index in [0.717, 1.165) is 12.8 Å². The van der Waals surface area contributed by atoms with E-state index in [4.69, 9.17) is 5.11 Å².